The predicted molar refractivity (Wildman–Crippen MR) is 65.8 cm³/mol. The Morgan fingerprint density at radius 1 is 1.40 bits per heavy atom. The van der Waals surface area contributed by atoms with Crippen LogP contribution in [0, 0.1) is 3.95 Å². The fourth-order valence-electron chi connectivity index (χ4n) is 1.30. The van der Waals surface area contributed by atoms with Crippen molar-refractivity contribution in [2.75, 3.05) is 5.32 Å². The predicted octanol–water partition coefficient (Wildman–Crippen LogP) is 3.37. The molecule has 2 N–H and O–H groups in total. The van der Waals surface area contributed by atoms with Crippen LogP contribution < -0.4 is 5.32 Å². The van der Waals surface area contributed by atoms with Crippen LogP contribution in [0.1, 0.15) is 18.5 Å². The second-order valence-corrected chi connectivity index (χ2v) is 4.86. The molecule has 0 saturated carbocycles. The van der Waals surface area contributed by atoms with E-state index in [1.807, 2.05) is 18.2 Å². The maximum absolute atomic E-state index is 4.96. The second kappa shape index (κ2) is 4.55. The zero-order chi connectivity index (χ0) is 10.7. The van der Waals surface area contributed by atoms with Gasteiger partial charge in [0.25, 0.3) is 0 Å². The first-order valence-electron chi connectivity index (χ1n) is 4.62. The third-order valence-electron chi connectivity index (χ3n) is 2.08. The normalized spacial score (nSPS) is 12.3. The molecule has 2 aromatic rings. The highest BCUT2D eigenvalue weighted by molar-refractivity contribution is 7.73. The number of anilines is 1. The minimum Gasteiger partial charge on any atom is -0.354 e. The molecule has 3 nitrogen and oxygen atoms in total. The van der Waals surface area contributed by atoms with Gasteiger partial charge in [0.05, 0.1) is 6.04 Å². The summed E-state index contributed by atoms with van der Waals surface area (Å²) >= 11 is 6.41. The van der Waals surface area contributed by atoms with Gasteiger partial charge in [-0.1, -0.05) is 41.7 Å². The van der Waals surface area contributed by atoms with Crippen molar-refractivity contribution in [2.24, 2.45) is 0 Å². The Balaban J connectivity index is 2.10. The van der Waals surface area contributed by atoms with Crippen molar-refractivity contribution in [1.29, 1.82) is 0 Å². The Hall–Kier alpha value is -1.20. The molecule has 78 valence electrons. The fraction of sp³-hybridized carbons (Fsp3) is 0.200. The summed E-state index contributed by atoms with van der Waals surface area (Å²) in [6.45, 7) is 2.10. The summed E-state index contributed by atoms with van der Waals surface area (Å²) in [6, 6.07) is 10.5. The van der Waals surface area contributed by atoms with Crippen molar-refractivity contribution in [3.8, 4) is 0 Å². The first-order chi connectivity index (χ1) is 7.25. The van der Waals surface area contributed by atoms with E-state index >= 15 is 0 Å². The summed E-state index contributed by atoms with van der Waals surface area (Å²) in [4.78, 5) is 0. The lowest BCUT2D eigenvalue weighted by atomic mass is 10.1. The first kappa shape index (κ1) is 10.3. The van der Waals surface area contributed by atoms with E-state index < -0.39 is 0 Å². The van der Waals surface area contributed by atoms with Crippen LogP contribution in [0.25, 0.3) is 0 Å². The highest BCUT2D eigenvalue weighted by Gasteiger charge is 2.05. The van der Waals surface area contributed by atoms with Gasteiger partial charge in [0, 0.05) is 0 Å². The second-order valence-electron chi connectivity index (χ2n) is 3.19. The minimum absolute atomic E-state index is 0.236. The number of nitrogens with one attached hydrogen (secondary N) is 2. The Morgan fingerprint density at radius 3 is 2.73 bits per heavy atom. The number of hydrogen-bond donors (Lipinski definition) is 2. The molecule has 1 aromatic carbocycles. The van der Waals surface area contributed by atoms with Crippen molar-refractivity contribution < 1.29 is 0 Å². The summed E-state index contributed by atoms with van der Waals surface area (Å²) in [6.07, 6.45) is 0. The fourth-order valence-corrected chi connectivity index (χ4v) is 2.18. The highest BCUT2D eigenvalue weighted by atomic mass is 32.1. The van der Waals surface area contributed by atoms with Crippen LogP contribution in [0.5, 0.6) is 0 Å². The van der Waals surface area contributed by atoms with Gasteiger partial charge in [-0.15, -0.1) is 5.10 Å². The van der Waals surface area contributed by atoms with Crippen LogP contribution in [0.15, 0.2) is 30.3 Å². The number of rotatable bonds is 3. The van der Waals surface area contributed by atoms with Gasteiger partial charge in [-0.05, 0) is 24.7 Å². The minimum atomic E-state index is 0.236. The number of nitrogens with zero attached hydrogens (tertiary/aromatic N) is 1. The molecule has 1 aromatic heterocycles. The van der Waals surface area contributed by atoms with Gasteiger partial charge in [-0.3, -0.25) is 5.10 Å². The molecule has 2 rings (SSSR count). The molecule has 0 radical (unpaired) electrons. The third kappa shape index (κ3) is 2.64. The van der Waals surface area contributed by atoms with E-state index in [1.165, 1.54) is 16.9 Å². The van der Waals surface area contributed by atoms with Gasteiger partial charge in [0.1, 0.15) is 0 Å². The number of H-pyrrole nitrogens is 1. The van der Waals surface area contributed by atoms with Crippen LogP contribution in [-0.4, -0.2) is 10.2 Å². The van der Waals surface area contributed by atoms with E-state index in [1.54, 1.807) is 0 Å². The number of benzene rings is 1. The molecule has 0 saturated heterocycles. The average Bonchev–Trinajstić information content (AvgIpc) is 2.65. The van der Waals surface area contributed by atoms with Crippen LogP contribution >= 0.6 is 23.6 Å². The lowest BCUT2D eigenvalue weighted by molar-refractivity contribution is 0.873. The number of aromatic amines is 1. The Labute approximate surface area is 97.2 Å². The first-order valence-corrected chi connectivity index (χ1v) is 5.85. The van der Waals surface area contributed by atoms with E-state index in [2.05, 4.69) is 34.6 Å². The average molecular weight is 237 g/mol. The van der Waals surface area contributed by atoms with Crippen molar-refractivity contribution in [3.63, 3.8) is 0 Å². The van der Waals surface area contributed by atoms with E-state index in [9.17, 15) is 0 Å². The molecule has 15 heavy (non-hydrogen) atoms. The van der Waals surface area contributed by atoms with Gasteiger partial charge < -0.3 is 5.32 Å². The van der Waals surface area contributed by atoms with Gasteiger partial charge in [0.15, 0.2) is 3.95 Å². The quantitative estimate of drug-likeness (QED) is 0.804. The van der Waals surface area contributed by atoms with Crippen LogP contribution in [0.2, 0.25) is 0 Å². The lowest BCUT2D eigenvalue weighted by Gasteiger charge is -2.12. The van der Waals surface area contributed by atoms with E-state index in [4.69, 9.17) is 12.2 Å². The molecule has 1 atom stereocenters. The van der Waals surface area contributed by atoms with E-state index in [0.717, 1.165) is 5.13 Å². The molecular weight excluding hydrogens is 226 g/mol. The van der Waals surface area contributed by atoms with Gasteiger partial charge in [-0.2, -0.15) is 0 Å². The molecule has 0 amide bonds. The van der Waals surface area contributed by atoms with Crippen LogP contribution in [0.3, 0.4) is 0 Å². The largest absolute Gasteiger partial charge is 0.354 e. The number of hydrogen-bond acceptors (Lipinski definition) is 4. The Kier molecular flexibility index (Phi) is 3.13. The molecule has 5 heteroatoms. The molecule has 1 heterocycles. The number of aromatic nitrogens is 2. The molecule has 0 aliphatic carbocycles. The van der Waals surface area contributed by atoms with E-state index in [0.29, 0.717) is 3.95 Å². The maximum Gasteiger partial charge on any atom is 0.204 e. The SMILES string of the molecule is CC(Nc1n[nH]c(=S)s1)c1ccccc1. The topological polar surface area (TPSA) is 40.7 Å². The van der Waals surface area contributed by atoms with Gasteiger partial charge in [-0.25, -0.2) is 0 Å². The van der Waals surface area contributed by atoms with Crippen molar-refractivity contribution >= 4 is 28.7 Å². The molecule has 1 unspecified atom stereocenters. The monoisotopic (exact) mass is 237 g/mol. The summed E-state index contributed by atoms with van der Waals surface area (Å²) in [5, 5.41) is 10.9. The smallest absolute Gasteiger partial charge is 0.204 e. The summed E-state index contributed by atoms with van der Waals surface area (Å²) < 4.78 is 0.692. The lowest BCUT2D eigenvalue weighted by Crippen LogP contribution is -2.05. The zero-order valence-electron chi connectivity index (χ0n) is 8.23. The van der Waals surface area contributed by atoms with Gasteiger partial charge in [0.2, 0.25) is 5.13 Å². The molecule has 0 spiro atoms. The van der Waals surface area contributed by atoms with Crippen LogP contribution in [0.4, 0.5) is 5.13 Å². The Morgan fingerprint density at radius 2 is 2.13 bits per heavy atom. The van der Waals surface area contributed by atoms with Crippen LogP contribution in [-0.2, 0) is 0 Å². The standard InChI is InChI=1S/C10H11N3S2/c1-7(8-5-3-2-4-6-8)11-9-12-13-10(14)15-9/h2-7H,1H3,(H,11,12)(H,13,14). The highest BCUT2D eigenvalue weighted by Crippen LogP contribution is 2.20. The summed E-state index contributed by atoms with van der Waals surface area (Å²) in [5.74, 6) is 0. The summed E-state index contributed by atoms with van der Waals surface area (Å²) in [5.41, 5.74) is 1.23. The molecule has 0 aliphatic heterocycles. The zero-order valence-corrected chi connectivity index (χ0v) is 9.86. The molecular formula is C10H11N3S2. The molecule has 0 fully saturated rings. The molecule has 0 aliphatic rings. The third-order valence-corrected chi connectivity index (χ3v) is 3.10. The Bertz CT molecular complexity index is 475. The summed E-state index contributed by atoms with van der Waals surface area (Å²) in [7, 11) is 0. The van der Waals surface area contributed by atoms with Crippen molar-refractivity contribution in [3.05, 3.63) is 39.8 Å². The maximum atomic E-state index is 4.96. The van der Waals surface area contributed by atoms with E-state index in [-0.39, 0.29) is 6.04 Å². The molecule has 0 bridgehead atoms. The van der Waals surface area contributed by atoms with Crippen molar-refractivity contribution in [2.45, 2.75) is 13.0 Å². The van der Waals surface area contributed by atoms with Gasteiger partial charge >= 0.3 is 0 Å². The van der Waals surface area contributed by atoms with Crippen molar-refractivity contribution in [1.82, 2.24) is 10.2 Å².